The van der Waals surface area contributed by atoms with Crippen LogP contribution in [-0.4, -0.2) is 28.1 Å². The van der Waals surface area contributed by atoms with Crippen molar-refractivity contribution in [2.24, 2.45) is 10.9 Å². The lowest BCUT2D eigenvalue weighted by Gasteiger charge is -2.34. The van der Waals surface area contributed by atoms with Gasteiger partial charge in [0.05, 0.1) is 11.9 Å². The van der Waals surface area contributed by atoms with E-state index in [2.05, 4.69) is 28.9 Å². The Bertz CT molecular complexity index is 442. The van der Waals surface area contributed by atoms with E-state index in [1.54, 1.807) is 18.5 Å². The third-order valence-corrected chi connectivity index (χ3v) is 3.38. The van der Waals surface area contributed by atoms with Crippen molar-refractivity contribution in [2.45, 2.75) is 32.2 Å². The summed E-state index contributed by atoms with van der Waals surface area (Å²) in [5.41, 5.74) is 7.46. The third-order valence-electron chi connectivity index (χ3n) is 3.38. The number of nitrogens with two attached hydrogens (primary N) is 1. The molecule has 0 atom stereocenters. The molecule has 0 radical (unpaired) electrons. The first-order valence-electron chi connectivity index (χ1n) is 5.76. The first kappa shape index (κ1) is 11.7. The number of nitrogens with zero attached hydrogens (tertiary/aromatic N) is 3. The summed E-state index contributed by atoms with van der Waals surface area (Å²) in [6.45, 7) is 5.37. The van der Waals surface area contributed by atoms with Crippen molar-refractivity contribution >= 4 is 11.5 Å². The Morgan fingerprint density at radius 3 is 2.94 bits per heavy atom. The van der Waals surface area contributed by atoms with Gasteiger partial charge in [-0.3, -0.25) is 4.98 Å². The molecular formula is C12H18N4O. The predicted molar refractivity (Wildman–Crippen MR) is 67.4 cm³/mol. The summed E-state index contributed by atoms with van der Waals surface area (Å²) in [6, 6.07) is 1.78. The van der Waals surface area contributed by atoms with E-state index in [1.807, 2.05) is 0 Å². The molecule has 0 spiro atoms. The Morgan fingerprint density at radius 2 is 2.35 bits per heavy atom. The molecule has 5 nitrogen and oxygen atoms in total. The largest absolute Gasteiger partial charge is 0.409 e. The molecule has 0 bridgehead atoms. The van der Waals surface area contributed by atoms with E-state index in [9.17, 15) is 0 Å². The molecule has 0 amide bonds. The lowest BCUT2D eigenvalue weighted by Crippen LogP contribution is -2.39. The van der Waals surface area contributed by atoms with Crippen molar-refractivity contribution in [1.29, 1.82) is 0 Å². The van der Waals surface area contributed by atoms with E-state index in [0.29, 0.717) is 0 Å². The SMILES string of the molecule is CC1(C)CCCN1c1cnccc1/C(N)=N/O. The van der Waals surface area contributed by atoms with Crippen molar-refractivity contribution in [3.63, 3.8) is 0 Å². The Hall–Kier alpha value is -1.78. The summed E-state index contributed by atoms with van der Waals surface area (Å²) < 4.78 is 0. The first-order valence-corrected chi connectivity index (χ1v) is 5.76. The molecule has 2 heterocycles. The monoisotopic (exact) mass is 234 g/mol. The van der Waals surface area contributed by atoms with Crippen molar-refractivity contribution in [1.82, 2.24) is 4.98 Å². The van der Waals surface area contributed by atoms with Crippen molar-refractivity contribution in [2.75, 3.05) is 11.4 Å². The number of oxime groups is 1. The zero-order valence-corrected chi connectivity index (χ0v) is 10.2. The number of aromatic nitrogens is 1. The van der Waals surface area contributed by atoms with Gasteiger partial charge in [0.25, 0.3) is 0 Å². The lowest BCUT2D eigenvalue weighted by atomic mass is 10.0. The van der Waals surface area contributed by atoms with Crippen LogP contribution in [0.5, 0.6) is 0 Å². The van der Waals surface area contributed by atoms with Crippen molar-refractivity contribution < 1.29 is 5.21 Å². The summed E-state index contributed by atoms with van der Waals surface area (Å²) in [5, 5.41) is 11.9. The van der Waals surface area contributed by atoms with Gasteiger partial charge in [-0.15, -0.1) is 0 Å². The average molecular weight is 234 g/mol. The molecule has 5 heteroatoms. The van der Waals surface area contributed by atoms with E-state index in [0.717, 1.165) is 30.6 Å². The zero-order chi connectivity index (χ0) is 12.5. The highest BCUT2D eigenvalue weighted by atomic mass is 16.4. The second-order valence-electron chi connectivity index (χ2n) is 4.95. The van der Waals surface area contributed by atoms with Crippen LogP contribution in [0, 0.1) is 0 Å². The van der Waals surface area contributed by atoms with Gasteiger partial charge >= 0.3 is 0 Å². The van der Waals surface area contributed by atoms with Gasteiger partial charge in [-0.05, 0) is 32.8 Å². The van der Waals surface area contributed by atoms with Crippen molar-refractivity contribution in [3.05, 3.63) is 24.0 Å². The highest BCUT2D eigenvalue weighted by Gasteiger charge is 2.33. The van der Waals surface area contributed by atoms with Gasteiger partial charge < -0.3 is 15.8 Å². The topological polar surface area (TPSA) is 74.7 Å². The molecule has 2 rings (SSSR count). The average Bonchev–Trinajstić information content (AvgIpc) is 2.68. The first-order chi connectivity index (χ1) is 8.06. The van der Waals surface area contributed by atoms with Crippen LogP contribution < -0.4 is 10.6 Å². The van der Waals surface area contributed by atoms with Crippen LogP contribution in [0.1, 0.15) is 32.3 Å². The minimum Gasteiger partial charge on any atom is -0.409 e. The molecule has 1 aliphatic heterocycles. The summed E-state index contributed by atoms with van der Waals surface area (Å²) in [4.78, 5) is 6.41. The van der Waals surface area contributed by atoms with E-state index < -0.39 is 0 Å². The van der Waals surface area contributed by atoms with Gasteiger partial charge in [0.15, 0.2) is 5.84 Å². The van der Waals surface area contributed by atoms with Gasteiger partial charge in [0, 0.05) is 23.8 Å². The van der Waals surface area contributed by atoms with Gasteiger partial charge in [-0.25, -0.2) is 0 Å². The van der Waals surface area contributed by atoms with E-state index in [4.69, 9.17) is 10.9 Å². The predicted octanol–water partition coefficient (Wildman–Crippen LogP) is 1.55. The van der Waals surface area contributed by atoms with Crippen LogP contribution in [0.25, 0.3) is 0 Å². The molecule has 3 N–H and O–H groups in total. The summed E-state index contributed by atoms with van der Waals surface area (Å²) in [6.07, 6.45) is 5.72. The van der Waals surface area contributed by atoms with Gasteiger partial charge in [-0.1, -0.05) is 5.16 Å². The molecule has 1 aliphatic rings. The maximum Gasteiger partial charge on any atom is 0.172 e. The molecule has 17 heavy (non-hydrogen) atoms. The highest BCUT2D eigenvalue weighted by Crippen LogP contribution is 2.34. The summed E-state index contributed by atoms with van der Waals surface area (Å²) in [7, 11) is 0. The van der Waals surface area contributed by atoms with Crippen LogP contribution in [0.15, 0.2) is 23.6 Å². The molecule has 0 aliphatic carbocycles. The molecule has 0 unspecified atom stereocenters. The number of hydrogen-bond acceptors (Lipinski definition) is 4. The van der Waals surface area contributed by atoms with Gasteiger partial charge in [0.2, 0.25) is 0 Å². The maximum absolute atomic E-state index is 8.81. The molecule has 1 aromatic rings. The summed E-state index contributed by atoms with van der Waals surface area (Å²) in [5.74, 6) is 0.130. The number of anilines is 1. The fourth-order valence-electron chi connectivity index (χ4n) is 2.43. The number of hydrogen-bond donors (Lipinski definition) is 2. The molecule has 1 saturated heterocycles. The van der Waals surface area contributed by atoms with Crippen LogP contribution in [0.4, 0.5) is 5.69 Å². The number of pyridine rings is 1. The molecule has 1 aromatic heterocycles. The molecule has 0 saturated carbocycles. The lowest BCUT2D eigenvalue weighted by molar-refractivity contribution is 0.318. The highest BCUT2D eigenvalue weighted by molar-refractivity contribution is 6.02. The normalized spacial score (nSPS) is 19.6. The fraction of sp³-hybridized carbons (Fsp3) is 0.500. The quantitative estimate of drug-likeness (QED) is 0.352. The third kappa shape index (κ3) is 2.05. The summed E-state index contributed by atoms with van der Waals surface area (Å²) >= 11 is 0. The second-order valence-corrected chi connectivity index (χ2v) is 4.95. The van der Waals surface area contributed by atoms with Gasteiger partial charge in [-0.2, -0.15) is 0 Å². The minimum atomic E-state index is 0.0908. The maximum atomic E-state index is 8.81. The Balaban J connectivity index is 2.45. The zero-order valence-electron chi connectivity index (χ0n) is 10.2. The van der Waals surface area contributed by atoms with Crippen LogP contribution in [0.3, 0.4) is 0 Å². The Labute approximate surface area is 101 Å². The second kappa shape index (κ2) is 4.24. The minimum absolute atomic E-state index is 0.0908. The van der Waals surface area contributed by atoms with Crippen LogP contribution >= 0.6 is 0 Å². The molecule has 92 valence electrons. The molecule has 0 aromatic carbocycles. The van der Waals surface area contributed by atoms with E-state index in [1.165, 1.54) is 0 Å². The van der Waals surface area contributed by atoms with Crippen molar-refractivity contribution in [3.8, 4) is 0 Å². The van der Waals surface area contributed by atoms with Gasteiger partial charge in [0.1, 0.15) is 0 Å². The van der Waals surface area contributed by atoms with Crippen LogP contribution in [0.2, 0.25) is 0 Å². The smallest absolute Gasteiger partial charge is 0.172 e. The Morgan fingerprint density at radius 1 is 1.59 bits per heavy atom. The van der Waals surface area contributed by atoms with E-state index in [-0.39, 0.29) is 11.4 Å². The number of rotatable bonds is 2. The van der Waals surface area contributed by atoms with E-state index >= 15 is 0 Å². The molecule has 1 fully saturated rings. The van der Waals surface area contributed by atoms with Crippen LogP contribution in [-0.2, 0) is 0 Å². The number of amidine groups is 1. The fourth-order valence-corrected chi connectivity index (χ4v) is 2.43. The molecular weight excluding hydrogens is 216 g/mol. The standard InChI is InChI=1S/C12H18N4O/c1-12(2)5-3-7-16(12)10-8-14-6-4-9(10)11(13)15-17/h4,6,8,17H,3,5,7H2,1-2H3,(H2,13,15). The Kier molecular flexibility index (Phi) is 2.92.